The van der Waals surface area contributed by atoms with Crippen molar-refractivity contribution in [1.82, 2.24) is 4.40 Å². The zero-order valence-corrected chi connectivity index (χ0v) is 17.6. The molecule has 0 fully saturated rings. The maximum atomic E-state index is 13.9. The predicted octanol–water partition coefficient (Wildman–Crippen LogP) is 5.45. The lowest BCUT2D eigenvalue weighted by molar-refractivity contribution is -0.264. The van der Waals surface area contributed by atoms with Gasteiger partial charge in [0.2, 0.25) is 0 Å². The highest BCUT2D eigenvalue weighted by Gasteiger charge is 2.56. The molecule has 5 nitrogen and oxygen atoms in total. The smallest absolute Gasteiger partial charge is 0.421 e. The Morgan fingerprint density at radius 1 is 1.10 bits per heavy atom. The van der Waals surface area contributed by atoms with Crippen molar-refractivity contribution in [3.8, 4) is 0 Å². The highest BCUT2D eigenvalue weighted by molar-refractivity contribution is 6.34. The molecule has 1 unspecified atom stereocenters. The van der Waals surface area contributed by atoms with Crippen LogP contribution in [-0.2, 0) is 10.3 Å². The summed E-state index contributed by atoms with van der Waals surface area (Å²) in [7, 11) is 0. The molecule has 31 heavy (non-hydrogen) atoms. The van der Waals surface area contributed by atoms with E-state index in [2.05, 4.69) is 0 Å². The van der Waals surface area contributed by atoms with Gasteiger partial charge in [-0.3, -0.25) is 4.79 Å². The van der Waals surface area contributed by atoms with Crippen LogP contribution in [0.2, 0.25) is 10.0 Å². The Kier molecular flexibility index (Phi) is 6.36. The number of hydrogen-bond donors (Lipinski definition) is 1. The number of fused-ring (bicyclic) bond motifs is 1. The molecule has 3 rings (SSSR count). The van der Waals surface area contributed by atoms with E-state index in [1.54, 1.807) is 6.92 Å². The molecule has 0 aliphatic rings. The highest BCUT2D eigenvalue weighted by Crippen LogP contribution is 2.44. The van der Waals surface area contributed by atoms with Crippen molar-refractivity contribution in [3.63, 3.8) is 0 Å². The monoisotopic (exact) mass is 473 g/mol. The van der Waals surface area contributed by atoms with Crippen molar-refractivity contribution >= 4 is 40.5 Å². The zero-order chi connectivity index (χ0) is 23.0. The van der Waals surface area contributed by atoms with E-state index in [4.69, 9.17) is 27.9 Å². The van der Waals surface area contributed by atoms with Gasteiger partial charge in [-0.05, 0) is 55.0 Å². The average molecular weight is 474 g/mol. The molecule has 2 heterocycles. The number of carbonyl (C=O) groups excluding carboxylic acids is 2. The Balaban J connectivity index is 2.06. The number of aromatic nitrogens is 1. The minimum absolute atomic E-state index is 0.103. The van der Waals surface area contributed by atoms with E-state index in [1.165, 1.54) is 40.9 Å². The van der Waals surface area contributed by atoms with E-state index in [0.717, 1.165) is 12.1 Å². The summed E-state index contributed by atoms with van der Waals surface area (Å²) in [6.45, 7) is 1.76. The van der Waals surface area contributed by atoms with Gasteiger partial charge in [0.15, 0.2) is 11.4 Å². The highest BCUT2D eigenvalue weighted by atomic mass is 35.5. The number of ketones is 1. The lowest BCUT2D eigenvalue weighted by Crippen LogP contribution is -2.44. The first-order valence-corrected chi connectivity index (χ1v) is 9.79. The molecule has 0 saturated carbocycles. The predicted molar refractivity (Wildman–Crippen MR) is 109 cm³/mol. The van der Waals surface area contributed by atoms with Crippen molar-refractivity contribution in [2.45, 2.75) is 25.1 Å². The number of benzene rings is 1. The molecule has 10 heteroatoms. The molecule has 0 spiro atoms. The second kappa shape index (κ2) is 8.53. The molecule has 0 bridgehead atoms. The van der Waals surface area contributed by atoms with E-state index >= 15 is 0 Å². The van der Waals surface area contributed by atoms with Crippen LogP contribution in [0.25, 0.3) is 5.52 Å². The first-order valence-electron chi connectivity index (χ1n) is 9.04. The summed E-state index contributed by atoms with van der Waals surface area (Å²) in [5.41, 5.74) is -3.98. The van der Waals surface area contributed by atoms with Crippen LogP contribution < -0.4 is 0 Å². The quantitative estimate of drug-likeness (QED) is 0.382. The van der Waals surface area contributed by atoms with Gasteiger partial charge in [0, 0.05) is 21.8 Å². The number of rotatable bonds is 6. The summed E-state index contributed by atoms with van der Waals surface area (Å²) in [4.78, 5) is 25.0. The minimum Gasteiger partial charge on any atom is -0.461 e. The van der Waals surface area contributed by atoms with E-state index in [0.29, 0.717) is 0 Å². The van der Waals surface area contributed by atoms with E-state index < -0.39 is 35.5 Å². The summed E-state index contributed by atoms with van der Waals surface area (Å²) < 4.78 is 47.9. The lowest BCUT2D eigenvalue weighted by atomic mass is 9.86. The Bertz CT molecular complexity index is 1140. The normalized spacial score (nSPS) is 13.8. The molecule has 0 amide bonds. The van der Waals surface area contributed by atoms with E-state index in [9.17, 15) is 27.9 Å². The Morgan fingerprint density at radius 2 is 1.74 bits per heavy atom. The number of hydrogen-bond acceptors (Lipinski definition) is 4. The fraction of sp³-hybridized carbons (Fsp3) is 0.238. The number of halogens is 5. The largest absolute Gasteiger partial charge is 0.461 e. The molecule has 2 aromatic heterocycles. The standard InChI is InChI=1S/C21H16Cl2F3NO4/c1-2-31-19(29)17-6-5-15(16-4-3-7-27(16)17)18(28)11-20(30,21(24,25)26)12-8-13(22)10-14(23)9-12/h3-10,30H,2,11H2,1H3. The van der Waals surface area contributed by atoms with Crippen LogP contribution in [-0.4, -0.2) is 34.0 Å². The van der Waals surface area contributed by atoms with Gasteiger partial charge in [-0.2, -0.15) is 13.2 Å². The number of esters is 1. The maximum Gasteiger partial charge on any atom is 0.421 e. The second-order valence-electron chi connectivity index (χ2n) is 6.73. The molecular formula is C21H16Cl2F3NO4. The third-order valence-electron chi connectivity index (χ3n) is 4.70. The number of nitrogens with zero attached hydrogens (tertiary/aromatic N) is 1. The van der Waals surface area contributed by atoms with Gasteiger partial charge in [0.1, 0.15) is 5.69 Å². The minimum atomic E-state index is -5.19. The number of alkyl halides is 3. The molecule has 0 aliphatic heterocycles. The molecular weight excluding hydrogens is 458 g/mol. The Hall–Kier alpha value is -2.55. The number of Topliss-reactive ketones (excluding diaryl/α,β-unsaturated/α-hetero) is 1. The van der Waals surface area contributed by atoms with Crippen molar-refractivity contribution in [2.24, 2.45) is 0 Å². The van der Waals surface area contributed by atoms with Gasteiger partial charge < -0.3 is 14.2 Å². The van der Waals surface area contributed by atoms with Crippen molar-refractivity contribution in [2.75, 3.05) is 6.61 Å². The summed E-state index contributed by atoms with van der Waals surface area (Å²) in [6.07, 6.45) is -5.03. The zero-order valence-electron chi connectivity index (χ0n) is 16.0. The van der Waals surface area contributed by atoms with Gasteiger partial charge in [-0.15, -0.1) is 0 Å². The van der Waals surface area contributed by atoms with Gasteiger partial charge in [0.05, 0.1) is 18.5 Å². The van der Waals surface area contributed by atoms with Crippen molar-refractivity contribution in [3.05, 3.63) is 75.5 Å². The average Bonchev–Trinajstić information content (AvgIpc) is 3.15. The lowest BCUT2D eigenvalue weighted by Gasteiger charge is -2.31. The topological polar surface area (TPSA) is 68.0 Å². The van der Waals surface area contributed by atoms with E-state index in [1.807, 2.05) is 0 Å². The Labute approximate surface area is 184 Å². The third kappa shape index (κ3) is 4.42. The van der Waals surface area contributed by atoms with Gasteiger partial charge in [-0.25, -0.2) is 4.79 Å². The van der Waals surface area contributed by atoms with Crippen molar-refractivity contribution in [1.29, 1.82) is 0 Å². The summed E-state index contributed by atoms with van der Waals surface area (Å²) in [6, 6.07) is 8.53. The van der Waals surface area contributed by atoms with Crippen LogP contribution in [0.3, 0.4) is 0 Å². The number of aliphatic hydroxyl groups is 1. The third-order valence-corrected chi connectivity index (χ3v) is 5.14. The Morgan fingerprint density at radius 3 is 2.32 bits per heavy atom. The molecule has 1 aromatic carbocycles. The van der Waals surface area contributed by atoms with Crippen LogP contribution in [0.4, 0.5) is 13.2 Å². The van der Waals surface area contributed by atoms with Gasteiger partial charge in [0.25, 0.3) is 0 Å². The first-order chi connectivity index (χ1) is 14.5. The SMILES string of the molecule is CCOC(=O)c1ccc(C(=O)CC(O)(c2cc(Cl)cc(Cl)c2)C(F)(F)F)c2cccn12. The number of pyridine rings is 1. The molecule has 1 N–H and O–H groups in total. The number of ether oxygens (including phenoxy) is 1. The van der Waals surface area contributed by atoms with Crippen LogP contribution >= 0.6 is 23.2 Å². The molecule has 0 radical (unpaired) electrons. The summed E-state index contributed by atoms with van der Waals surface area (Å²) in [5.74, 6) is -1.64. The molecule has 0 saturated heterocycles. The molecule has 3 aromatic rings. The van der Waals surface area contributed by atoms with Gasteiger partial charge in [-0.1, -0.05) is 23.2 Å². The first kappa shape index (κ1) is 23.1. The fourth-order valence-electron chi connectivity index (χ4n) is 3.23. The molecule has 1 atom stereocenters. The van der Waals surface area contributed by atoms with Crippen LogP contribution in [0.1, 0.15) is 39.8 Å². The van der Waals surface area contributed by atoms with Crippen LogP contribution in [0, 0.1) is 0 Å². The molecule has 0 aliphatic carbocycles. The van der Waals surface area contributed by atoms with Crippen LogP contribution in [0.5, 0.6) is 0 Å². The fourth-order valence-corrected chi connectivity index (χ4v) is 3.76. The van der Waals surface area contributed by atoms with Gasteiger partial charge >= 0.3 is 12.1 Å². The number of carbonyl (C=O) groups is 2. The summed E-state index contributed by atoms with van der Waals surface area (Å²) in [5, 5.41) is 10.4. The maximum absolute atomic E-state index is 13.9. The van der Waals surface area contributed by atoms with Crippen molar-refractivity contribution < 1.29 is 32.6 Å². The van der Waals surface area contributed by atoms with E-state index in [-0.39, 0.29) is 33.4 Å². The van der Waals surface area contributed by atoms with Crippen LogP contribution in [0.15, 0.2) is 48.7 Å². The molecule has 164 valence electrons. The second-order valence-corrected chi connectivity index (χ2v) is 7.61. The summed E-state index contributed by atoms with van der Waals surface area (Å²) >= 11 is 11.6.